The van der Waals surface area contributed by atoms with E-state index in [-0.39, 0.29) is 11.8 Å². The number of Topliss-reactive ketones (excluding diaryl/α,β-unsaturated/α-hetero) is 1. The second-order valence-electron chi connectivity index (χ2n) is 5.70. The lowest BCUT2D eigenvalue weighted by Crippen LogP contribution is -2.44. The fourth-order valence-corrected chi connectivity index (χ4v) is 3.21. The van der Waals surface area contributed by atoms with Crippen LogP contribution in [0.2, 0.25) is 5.02 Å². The second kappa shape index (κ2) is 6.27. The number of carbonyl (C=O) groups is 1. The quantitative estimate of drug-likeness (QED) is 0.771. The molecule has 20 heavy (non-hydrogen) atoms. The van der Waals surface area contributed by atoms with E-state index in [1.807, 2.05) is 20.8 Å². The van der Waals surface area contributed by atoms with Crippen LogP contribution in [-0.4, -0.2) is 27.8 Å². The number of ether oxygens (including phenoxy) is 1. The van der Waals surface area contributed by atoms with Gasteiger partial charge in [-0.2, -0.15) is 5.10 Å². The Morgan fingerprint density at radius 1 is 1.45 bits per heavy atom. The van der Waals surface area contributed by atoms with Gasteiger partial charge in [-0.15, -0.1) is 0 Å². The molecule has 1 aliphatic rings. The van der Waals surface area contributed by atoms with Crippen molar-refractivity contribution in [1.29, 1.82) is 0 Å². The van der Waals surface area contributed by atoms with Gasteiger partial charge in [-0.25, -0.2) is 0 Å². The molecule has 0 atom stereocenters. The van der Waals surface area contributed by atoms with Crippen LogP contribution in [0.25, 0.3) is 0 Å². The zero-order valence-electron chi connectivity index (χ0n) is 12.5. The summed E-state index contributed by atoms with van der Waals surface area (Å²) in [4.78, 5) is 13.0. The summed E-state index contributed by atoms with van der Waals surface area (Å²) < 4.78 is 7.60. The van der Waals surface area contributed by atoms with E-state index in [1.54, 1.807) is 10.9 Å². The van der Waals surface area contributed by atoms with Gasteiger partial charge in [0.15, 0.2) is 0 Å². The van der Waals surface area contributed by atoms with Crippen LogP contribution in [0.15, 0.2) is 6.20 Å². The van der Waals surface area contributed by atoms with Crippen molar-refractivity contribution in [2.24, 2.45) is 0 Å². The Morgan fingerprint density at radius 2 is 2.10 bits per heavy atom. The van der Waals surface area contributed by atoms with E-state index < -0.39 is 5.60 Å². The lowest BCUT2D eigenvalue weighted by Gasteiger charge is -2.35. The molecule has 1 aliphatic carbocycles. The van der Waals surface area contributed by atoms with Crippen molar-refractivity contribution in [3.8, 4) is 0 Å². The monoisotopic (exact) mass is 298 g/mol. The minimum Gasteiger partial charge on any atom is -0.367 e. The maximum atomic E-state index is 13.0. The molecule has 0 aromatic carbocycles. The summed E-state index contributed by atoms with van der Waals surface area (Å²) in [5.41, 5.74) is -0.208. The van der Waals surface area contributed by atoms with Crippen molar-refractivity contribution in [3.05, 3.63) is 16.9 Å². The maximum absolute atomic E-state index is 13.0. The minimum atomic E-state index is -0.705. The molecule has 1 aromatic heterocycles. The number of ketones is 1. The Bertz CT molecular complexity index is 471. The van der Waals surface area contributed by atoms with Crippen LogP contribution in [0, 0.1) is 0 Å². The molecule has 1 heterocycles. The predicted molar refractivity (Wildman–Crippen MR) is 79.4 cm³/mol. The molecule has 4 nitrogen and oxygen atoms in total. The van der Waals surface area contributed by atoms with Gasteiger partial charge >= 0.3 is 0 Å². The summed E-state index contributed by atoms with van der Waals surface area (Å²) in [5, 5.41) is 4.66. The van der Waals surface area contributed by atoms with Gasteiger partial charge in [0.1, 0.15) is 11.3 Å². The number of carbonyl (C=O) groups excluding carboxylic acids is 1. The highest BCUT2D eigenvalue weighted by Gasteiger charge is 2.43. The number of rotatable bonds is 5. The van der Waals surface area contributed by atoms with Crippen molar-refractivity contribution in [2.75, 3.05) is 6.61 Å². The first-order chi connectivity index (χ1) is 9.52. The fraction of sp³-hybridized carbons (Fsp3) is 0.733. The molecule has 0 aliphatic heterocycles. The van der Waals surface area contributed by atoms with Crippen molar-refractivity contribution in [2.45, 2.75) is 64.5 Å². The van der Waals surface area contributed by atoms with Crippen molar-refractivity contribution < 1.29 is 9.53 Å². The summed E-state index contributed by atoms with van der Waals surface area (Å²) in [6.45, 7) is 6.47. The lowest BCUT2D eigenvalue weighted by atomic mass is 9.80. The van der Waals surface area contributed by atoms with Crippen LogP contribution in [0.1, 0.15) is 69.4 Å². The van der Waals surface area contributed by atoms with Gasteiger partial charge in [0.05, 0.1) is 11.2 Å². The molecule has 5 heteroatoms. The number of hydrogen-bond donors (Lipinski definition) is 0. The highest BCUT2D eigenvalue weighted by molar-refractivity contribution is 6.34. The summed E-state index contributed by atoms with van der Waals surface area (Å²) >= 11 is 6.21. The van der Waals surface area contributed by atoms with Gasteiger partial charge in [-0.05, 0) is 33.6 Å². The number of halogens is 1. The number of aromatic nitrogens is 2. The van der Waals surface area contributed by atoms with E-state index in [9.17, 15) is 4.79 Å². The third-order valence-electron chi connectivity index (χ3n) is 3.95. The average Bonchev–Trinajstić information content (AvgIpc) is 2.81. The molecular formula is C15H23ClN2O2. The molecule has 2 rings (SSSR count). The molecule has 1 aromatic rings. The fourth-order valence-electron chi connectivity index (χ4n) is 3.00. The molecule has 0 spiro atoms. The highest BCUT2D eigenvalue weighted by atomic mass is 35.5. The molecule has 0 radical (unpaired) electrons. The zero-order chi connectivity index (χ0) is 14.8. The third kappa shape index (κ3) is 2.77. The van der Waals surface area contributed by atoms with E-state index in [0.29, 0.717) is 17.3 Å². The second-order valence-corrected chi connectivity index (χ2v) is 6.10. The molecule has 0 unspecified atom stereocenters. The molecule has 0 bridgehead atoms. The summed E-state index contributed by atoms with van der Waals surface area (Å²) in [6, 6.07) is 0.101. The van der Waals surface area contributed by atoms with Gasteiger partial charge in [0.2, 0.25) is 5.78 Å². The molecule has 0 amide bonds. The summed E-state index contributed by atoms with van der Waals surface area (Å²) in [6.07, 6.45) is 6.33. The Hall–Kier alpha value is -0.870. The Morgan fingerprint density at radius 3 is 2.65 bits per heavy atom. The molecule has 112 valence electrons. The van der Waals surface area contributed by atoms with E-state index in [4.69, 9.17) is 16.3 Å². The van der Waals surface area contributed by atoms with E-state index in [2.05, 4.69) is 5.10 Å². The van der Waals surface area contributed by atoms with Gasteiger partial charge in [-0.3, -0.25) is 9.48 Å². The lowest BCUT2D eigenvalue weighted by molar-refractivity contribution is -0.0417. The van der Waals surface area contributed by atoms with Crippen molar-refractivity contribution >= 4 is 17.4 Å². The first-order valence-electron chi connectivity index (χ1n) is 7.43. The minimum absolute atomic E-state index is 0.00440. The Kier molecular flexibility index (Phi) is 4.86. The Labute approximate surface area is 125 Å². The smallest absolute Gasteiger partial charge is 0.214 e. The van der Waals surface area contributed by atoms with Gasteiger partial charge in [0, 0.05) is 12.6 Å². The first-order valence-corrected chi connectivity index (χ1v) is 7.81. The zero-order valence-corrected chi connectivity index (χ0v) is 13.2. The molecule has 0 N–H and O–H groups in total. The number of nitrogens with zero attached hydrogens (tertiary/aromatic N) is 2. The Balaban J connectivity index is 2.39. The van der Waals surface area contributed by atoms with Gasteiger partial charge in [-0.1, -0.05) is 30.9 Å². The summed E-state index contributed by atoms with van der Waals surface area (Å²) in [5.74, 6) is -0.00440. The highest BCUT2D eigenvalue weighted by Crippen LogP contribution is 2.36. The first kappa shape index (κ1) is 15.5. The largest absolute Gasteiger partial charge is 0.367 e. The van der Waals surface area contributed by atoms with E-state index in [1.165, 1.54) is 6.42 Å². The van der Waals surface area contributed by atoms with Crippen LogP contribution in [-0.2, 0) is 4.74 Å². The maximum Gasteiger partial charge on any atom is 0.214 e. The van der Waals surface area contributed by atoms with Crippen LogP contribution in [0.3, 0.4) is 0 Å². The molecule has 1 saturated carbocycles. The van der Waals surface area contributed by atoms with Crippen molar-refractivity contribution in [3.63, 3.8) is 0 Å². The van der Waals surface area contributed by atoms with E-state index >= 15 is 0 Å². The average molecular weight is 299 g/mol. The summed E-state index contributed by atoms with van der Waals surface area (Å²) in [7, 11) is 0. The standard InChI is InChI=1S/C15H23ClN2O2/c1-4-20-15(8-6-5-7-9-15)14(19)13-12(16)10-17-18(13)11(2)3/h10-11H,4-9H2,1-3H3. The van der Waals surface area contributed by atoms with Gasteiger partial charge in [0.25, 0.3) is 0 Å². The topological polar surface area (TPSA) is 44.1 Å². The SMILES string of the molecule is CCOC1(C(=O)c2c(Cl)cnn2C(C)C)CCCCC1. The normalized spacial score (nSPS) is 18.4. The van der Waals surface area contributed by atoms with Crippen LogP contribution < -0.4 is 0 Å². The van der Waals surface area contributed by atoms with E-state index in [0.717, 1.165) is 25.7 Å². The van der Waals surface area contributed by atoms with Gasteiger partial charge < -0.3 is 4.74 Å². The number of hydrogen-bond acceptors (Lipinski definition) is 3. The van der Waals surface area contributed by atoms with Crippen molar-refractivity contribution in [1.82, 2.24) is 9.78 Å². The molecule has 0 saturated heterocycles. The van der Waals surface area contributed by atoms with Crippen LogP contribution in [0.4, 0.5) is 0 Å². The van der Waals surface area contributed by atoms with Crippen LogP contribution >= 0.6 is 11.6 Å². The molecular weight excluding hydrogens is 276 g/mol. The molecule has 1 fully saturated rings. The van der Waals surface area contributed by atoms with Crippen LogP contribution in [0.5, 0.6) is 0 Å². The predicted octanol–water partition coefficient (Wildman–Crippen LogP) is 4.04. The third-order valence-corrected chi connectivity index (χ3v) is 4.23.